The van der Waals surface area contributed by atoms with Crippen LogP contribution in [0.1, 0.15) is 27.6 Å². The first-order valence-corrected chi connectivity index (χ1v) is 11.0. The molecule has 2 aromatic carbocycles. The summed E-state index contributed by atoms with van der Waals surface area (Å²) in [6.45, 7) is 1.24. The third-order valence-corrected chi connectivity index (χ3v) is 5.53. The third kappa shape index (κ3) is 5.65. The number of carbonyl (C=O) groups excluding carboxylic acids is 3. The van der Waals surface area contributed by atoms with E-state index in [-0.39, 0.29) is 28.5 Å². The minimum atomic E-state index is -0.770. The molecule has 0 bridgehead atoms. The summed E-state index contributed by atoms with van der Waals surface area (Å²) < 4.78 is 20.8. The molecule has 1 amide bonds. The number of anilines is 1. The number of nitrogens with one attached hydrogen (secondary N) is 1. The molecule has 0 saturated heterocycles. The van der Waals surface area contributed by atoms with Crippen molar-refractivity contribution in [3.63, 3.8) is 0 Å². The third-order valence-electron chi connectivity index (χ3n) is 4.63. The summed E-state index contributed by atoms with van der Waals surface area (Å²) in [4.78, 5) is 37.3. The second-order valence-corrected chi connectivity index (χ2v) is 7.70. The molecule has 1 heterocycles. The Morgan fingerprint density at radius 2 is 1.74 bits per heavy atom. The maximum absolute atomic E-state index is 12.7. The van der Waals surface area contributed by atoms with Crippen LogP contribution in [0.2, 0.25) is 0 Å². The summed E-state index contributed by atoms with van der Waals surface area (Å²) in [6, 6.07) is 10.8. The summed E-state index contributed by atoms with van der Waals surface area (Å²) in [5.74, 6) is -1.11. The molecular formula is C24H23NO8S. The first kappa shape index (κ1) is 24.6. The predicted molar refractivity (Wildman–Crippen MR) is 126 cm³/mol. The number of amides is 1. The van der Waals surface area contributed by atoms with E-state index in [9.17, 15) is 19.5 Å². The van der Waals surface area contributed by atoms with Crippen LogP contribution in [0.4, 0.5) is 5.00 Å². The van der Waals surface area contributed by atoms with Gasteiger partial charge in [-0.1, -0.05) is 12.1 Å². The average Bonchev–Trinajstić information content (AvgIpc) is 3.25. The van der Waals surface area contributed by atoms with Gasteiger partial charge in [-0.05, 0) is 42.8 Å². The van der Waals surface area contributed by atoms with Crippen molar-refractivity contribution in [2.24, 2.45) is 0 Å². The Bertz CT molecular complexity index is 1200. The number of carbonyl (C=O) groups is 3. The van der Waals surface area contributed by atoms with E-state index in [0.29, 0.717) is 22.6 Å². The van der Waals surface area contributed by atoms with Gasteiger partial charge in [0.15, 0.2) is 18.1 Å². The number of hydrogen-bond donors (Lipinski definition) is 2. The summed E-state index contributed by atoms with van der Waals surface area (Å²) in [5, 5.41) is 14.0. The van der Waals surface area contributed by atoms with Crippen molar-refractivity contribution < 1.29 is 38.4 Å². The zero-order chi connectivity index (χ0) is 24.7. The number of methoxy groups -OCH3 is 2. The Balaban J connectivity index is 1.81. The number of aromatic hydroxyl groups is 1. The van der Waals surface area contributed by atoms with Crippen molar-refractivity contribution in [2.75, 3.05) is 32.8 Å². The molecule has 1 aromatic heterocycles. The number of ether oxygens (including phenoxy) is 4. The largest absolute Gasteiger partial charge is 0.508 e. The molecule has 0 aliphatic carbocycles. The second-order valence-electron chi connectivity index (χ2n) is 6.82. The zero-order valence-corrected chi connectivity index (χ0v) is 19.6. The van der Waals surface area contributed by atoms with E-state index in [4.69, 9.17) is 18.9 Å². The highest BCUT2D eigenvalue weighted by Gasteiger charge is 2.24. The molecule has 0 unspecified atom stereocenters. The Kier molecular flexibility index (Phi) is 8.10. The lowest BCUT2D eigenvalue weighted by Crippen LogP contribution is -2.21. The zero-order valence-electron chi connectivity index (χ0n) is 18.7. The van der Waals surface area contributed by atoms with Gasteiger partial charge in [-0.3, -0.25) is 4.79 Å². The maximum atomic E-state index is 12.7. The molecule has 0 fully saturated rings. The van der Waals surface area contributed by atoms with Crippen LogP contribution in [0.25, 0.3) is 11.1 Å². The lowest BCUT2D eigenvalue weighted by molar-refractivity contribution is -0.119. The van der Waals surface area contributed by atoms with E-state index in [1.54, 1.807) is 30.5 Å². The van der Waals surface area contributed by atoms with Crippen molar-refractivity contribution in [2.45, 2.75) is 6.92 Å². The smallest absolute Gasteiger partial charge is 0.341 e. The van der Waals surface area contributed by atoms with Crippen LogP contribution < -0.4 is 14.8 Å². The van der Waals surface area contributed by atoms with Gasteiger partial charge in [0, 0.05) is 10.9 Å². The van der Waals surface area contributed by atoms with E-state index in [1.807, 2.05) is 0 Å². The molecule has 10 heteroatoms. The van der Waals surface area contributed by atoms with Crippen LogP contribution in [-0.2, 0) is 14.3 Å². The highest BCUT2D eigenvalue weighted by molar-refractivity contribution is 7.15. The summed E-state index contributed by atoms with van der Waals surface area (Å²) in [6.07, 6.45) is 0. The Morgan fingerprint density at radius 1 is 0.971 bits per heavy atom. The highest BCUT2D eigenvalue weighted by atomic mass is 32.1. The van der Waals surface area contributed by atoms with Gasteiger partial charge in [-0.15, -0.1) is 11.3 Å². The summed E-state index contributed by atoms with van der Waals surface area (Å²) >= 11 is 1.13. The van der Waals surface area contributed by atoms with Crippen LogP contribution in [0, 0.1) is 0 Å². The number of hydrogen-bond acceptors (Lipinski definition) is 9. The summed E-state index contributed by atoms with van der Waals surface area (Å²) in [7, 11) is 3.03. The standard InChI is InChI=1S/C24H23NO8S/c1-4-32-24(29)21-17(14-8-9-18(30-2)19(11-14)31-3)13-34-22(21)25-20(27)12-33-23(28)15-6-5-7-16(26)10-15/h5-11,13,26H,4,12H2,1-3H3,(H,25,27). The molecule has 3 rings (SSSR count). The normalized spacial score (nSPS) is 10.3. The number of phenols is 1. The number of esters is 2. The molecule has 0 aliphatic heterocycles. The predicted octanol–water partition coefficient (Wildman–Crippen LogP) is 4.11. The molecule has 0 atom stereocenters. The monoisotopic (exact) mass is 485 g/mol. The van der Waals surface area contributed by atoms with Crippen LogP contribution in [-0.4, -0.2) is 50.4 Å². The maximum Gasteiger partial charge on any atom is 0.341 e. The molecule has 178 valence electrons. The second kappa shape index (κ2) is 11.2. The fourth-order valence-corrected chi connectivity index (χ4v) is 4.06. The van der Waals surface area contributed by atoms with Crippen molar-refractivity contribution >= 4 is 34.2 Å². The fraction of sp³-hybridized carbons (Fsp3) is 0.208. The van der Waals surface area contributed by atoms with Gasteiger partial charge >= 0.3 is 11.9 Å². The van der Waals surface area contributed by atoms with Crippen LogP contribution in [0.5, 0.6) is 17.2 Å². The van der Waals surface area contributed by atoms with Gasteiger partial charge in [0.25, 0.3) is 5.91 Å². The van der Waals surface area contributed by atoms with Gasteiger partial charge in [-0.25, -0.2) is 9.59 Å². The molecule has 0 spiro atoms. The molecule has 0 aliphatic rings. The minimum Gasteiger partial charge on any atom is -0.508 e. The van der Waals surface area contributed by atoms with Gasteiger partial charge in [0.2, 0.25) is 0 Å². The molecule has 0 radical (unpaired) electrons. The lowest BCUT2D eigenvalue weighted by atomic mass is 10.0. The van der Waals surface area contributed by atoms with Crippen LogP contribution >= 0.6 is 11.3 Å². The molecule has 34 heavy (non-hydrogen) atoms. The van der Waals surface area contributed by atoms with E-state index in [0.717, 1.165) is 11.3 Å². The van der Waals surface area contributed by atoms with Gasteiger partial charge in [0.1, 0.15) is 16.3 Å². The van der Waals surface area contributed by atoms with E-state index in [2.05, 4.69) is 5.32 Å². The Labute approximate surface area is 199 Å². The fourth-order valence-electron chi connectivity index (χ4n) is 3.08. The van der Waals surface area contributed by atoms with Crippen LogP contribution in [0.3, 0.4) is 0 Å². The van der Waals surface area contributed by atoms with Crippen molar-refractivity contribution in [3.8, 4) is 28.4 Å². The minimum absolute atomic E-state index is 0.0979. The molecular weight excluding hydrogens is 462 g/mol. The van der Waals surface area contributed by atoms with Crippen LogP contribution in [0.15, 0.2) is 47.8 Å². The lowest BCUT2D eigenvalue weighted by Gasteiger charge is -2.11. The molecule has 9 nitrogen and oxygen atoms in total. The van der Waals surface area contributed by atoms with Crippen molar-refractivity contribution in [1.82, 2.24) is 0 Å². The van der Waals surface area contributed by atoms with E-state index in [1.165, 1.54) is 38.5 Å². The first-order chi connectivity index (χ1) is 16.4. The Morgan fingerprint density at radius 3 is 2.41 bits per heavy atom. The number of thiophene rings is 1. The number of phenolic OH excluding ortho intramolecular Hbond substituents is 1. The first-order valence-electron chi connectivity index (χ1n) is 10.1. The molecule has 2 N–H and O–H groups in total. The number of benzene rings is 2. The van der Waals surface area contributed by atoms with Gasteiger partial charge < -0.3 is 29.4 Å². The molecule has 3 aromatic rings. The van der Waals surface area contributed by atoms with E-state index >= 15 is 0 Å². The van der Waals surface area contributed by atoms with Gasteiger partial charge in [0.05, 0.1) is 26.4 Å². The highest BCUT2D eigenvalue weighted by Crippen LogP contribution is 2.39. The van der Waals surface area contributed by atoms with Crippen molar-refractivity contribution in [3.05, 3.63) is 59.0 Å². The average molecular weight is 486 g/mol. The van der Waals surface area contributed by atoms with E-state index < -0.39 is 24.5 Å². The topological polar surface area (TPSA) is 120 Å². The van der Waals surface area contributed by atoms with Gasteiger partial charge in [-0.2, -0.15) is 0 Å². The SMILES string of the molecule is CCOC(=O)c1c(-c2ccc(OC)c(OC)c2)csc1NC(=O)COC(=O)c1cccc(O)c1. The quantitative estimate of drug-likeness (QED) is 0.435. The summed E-state index contributed by atoms with van der Waals surface area (Å²) in [5.41, 5.74) is 1.47. The Hall–Kier alpha value is -4.05. The molecule has 0 saturated carbocycles. The number of rotatable bonds is 9. The van der Waals surface area contributed by atoms with Crippen molar-refractivity contribution in [1.29, 1.82) is 0 Å².